The van der Waals surface area contributed by atoms with E-state index in [9.17, 15) is 0 Å². The minimum Gasteiger partial charge on any atom is -0.493 e. The highest BCUT2D eigenvalue weighted by Crippen LogP contribution is 2.33. The third-order valence-corrected chi connectivity index (χ3v) is 5.75. The molecule has 3 nitrogen and oxygen atoms in total. The third kappa shape index (κ3) is 4.89. The summed E-state index contributed by atoms with van der Waals surface area (Å²) in [5, 5.41) is 3.39. The monoisotopic (exact) mass is 376 g/mol. The van der Waals surface area contributed by atoms with Crippen LogP contribution in [0.15, 0.2) is 60.8 Å². The Morgan fingerprint density at radius 2 is 1.79 bits per heavy atom. The minimum absolute atomic E-state index is 0.416. The Labute approximate surface area is 169 Å². The lowest BCUT2D eigenvalue weighted by atomic mass is 9.90. The Hall–Kier alpha value is -2.42. The van der Waals surface area contributed by atoms with Gasteiger partial charge in [0.2, 0.25) is 0 Å². The van der Waals surface area contributed by atoms with E-state index in [1.165, 1.54) is 29.7 Å². The molecule has 2 aromatic rings. The van der Waals surface area contributed by atoms with Crippen LogP contribution in [0.1, 0.15) is 43.7 Å². The molecule has 0 spiro atoms. The lowest BCUT2D eigenvalue weighted by Crippen LogP contribution is -2.45. The van der Waals surface area contributed by atoms with Crippen LogP contribution in [0, 0.1) is 5.92 Å². The maximum absolute atomic E-state index is 5.84. The fourth-order valence-electron chi connectivity index (χ4n) is 3.90. The van der Waals surface area contributed by atoms with E-state index < -0.39 is 0 Å². The highest BCUT2D eigenvalue weighted by Gasteiger charge is 2.28. The second-order valence-corrected chi connectivity index (χ2v) is 8.62. The number of anilines is 1. The summed E-state index contributed by atoms with van der Waals surface area (Å²) in [7, 11) is 0. The van der Waals surface area contributed by atoms with Crippen molar-refractivity contribution in [3.63, 3.8) is 0 Å². The van der Waals surface area contributed by atoms with E-state index in [0.717, 1.165) is 43.5 Å². The van der Waals surface area contributed by atoms with Gasteiger partial charge in [-0.3, -0.25) is 0 Å². The highest BCUT2D eigenvalue weighted by molar-refractivity contribution is 5.53. The van der Waals surface area contributed by atoms with Crippen LogP contribution in [0.4, 0.5) is 5.69 Å². The molecule has 0 bridgehead atoms. The molecule has 0 radical (unpaired) electrons. The zero-order valence-corrected chi connectivity index (χ0v) is 17.2. The first-order valence-corrected chi connectivity index (χ1v) is 10.6. The van der Waals surface area contributed by atoms with E-state index in [2.05, 4.69) is 72.3 Å². The van der Waals surface area contributed by atoms with Gasteiger partial charge < -0.3 is 15.0 Å². The quantitative estimate of drug-likeness (QED) is 0.656. The molecular formula is C25H32N2O. The largest absolute Gasteiger partial charge is 0.493 e. The van der Waals surface area contributed by atoms with Crippen molar-refractivity contribution in [2.24, 2.45) is 5.92 Å². The Morgan fingerprint density at radius 3 is 2.39 bits per heavy atom. The lowest BCUT2D eigenvalue weighted by molar-refractivity contribution is 0.300. The summed E-state index contributed by atoms with van der Waals surface area (Å²) in [5.74, 6) is 2.43. The number of nitrogens with zero attached hydrogens (tertiary/aromatic N) is 1. The minimum atomic E-state index is 0.416. The van der Waals surface area contributed by atoms with Gasteiger partial charge in [0.25, 0.3) is 0 Å². The highest BCUT2D eigenvalue weighted by atomic mass is 16.5. The van der Waals surface area contributed by atoms with Gasteiger partial charge in [-0.15, -0.1) is 0 Å². The molecule has 2 aromatic carbocycles. The fourth-order valence-corrected chi connectivity index (χ4v) is 3.90. The van der Waals surface area contributed by atoms with Crippen molar-refractivity contribution in [3.8, 4) is 5.75 Å². The number of allylic oxidation sites excluding steroid dienone is 1. The third-order valence-electron chi connectivity index (χ3n) is 5.75. The first-order chi connectivity index (χ1) is 13.6. The number of nitrogens with one attached hydrogen (secondary N) is 1. The van der Waals surface area contributed by atoms with Crippen molar-refractivity contribution < 1.29 is 4.74 Å². The maximum Gasteiger partial charge on any atom is 0.119 e. The molecule has 1 aliphatic carbocycles. The van der Waals surface area contributed by atoms with E-state index >= 15 is 0 Å². The van der Waals surface area contributed by atoms with Gasteiger partial charge in [0.1, 0.15) is 5.75 Å². The van der Waals surface area contributed by atoms with Crippen LogP contribution in [0.2, 0.25) is 0 Å². The van der Waals surface area contributed by atoms with Crippen LogP contribution in [0.25, 0.3) is 0 Å². The van der Waals surface area contributed by atoms with Gasteiger partial charge in [0.15, 0.2) is 0 Å². The van der Waals surface area contributed by atoms with Gasteiger partial charge >= 0.3 is 0 Å². The molecule has 1 heterocycles. The van der Waals surface area contributed by atoms with Gasteiger partial charge in [-0.2, -0.15) is 0 Å². The summed E-state index contributed by atoms with van der Waals surface area (Å²) in [6.07, 6.45) is 3.69. The summed E-state index contributed by atoms with van der Waals surface area (Å²) in [6.45, 7) is 11.2. The normalized spacial score (nSPS) is 17.7. The Kier molecular flexibility index (Phi) is 5.61. The fraction of sp³-hybridized carbons (Fsp3) is 0.440. The van der Waals surface area contributed by atoms with Crippen molar-refractivity contribution in [2.45, 2.75) is 45.1 Å². The summed E-state index contributed by atoms with van der Waals surface area (Å²) >= 11 is 0. The van der Waals surface area contributed by atoms with Crippen LogP contribution < -0.4 is 15.0 Å². The van der Waals surface area contributed by atoms with Gasteiger partial charge in [-0.1, -0.05) is 30.8 Å². The first kappa shape index (κ1) is 18.9. The second kappa shape index (κ2) is 8.30. The van der Waals surface area contributed by atoms with Crippen LogP contribution >= 0.6 is 0 Å². The lowest BCUT2D eigenvalue weighted by Gasteiger charge is -2.41. The summed E-state index contributed by atoms with van der Waals surface area (Å²) < 4.78 is 5.84. The van der Waals surface area contributed by atoms with Crippen molar-refractivity contribution in [3.05, 3.63) is 71.9 Å². The number of hydrogen-bond donors (Lipinski definition) is 1. The van der Waals surface area contributed by atoms with E-state index in [-0.39, 0.29) is 0 Å². The number of hydrogen-bond acceptors (Lipinski definition) is 3. The molecule has 1 saturated carbocycles. The topological polar surface area (TPSA) is 24.5 Å². The molecule has 2 aliphatic rings. The number of ether oxygens (including phenoxy) is 1. The zero-order chi connectivity index (χ0) is 19.5. The molecular weight excluding hydrogens is 344 g/mol. The standard InChI is InChI=1S/C25H32N2O/c1-18(2)26-19(3)14-20-6-8-22(9-7-20)23-15-27(16-23)24-10-12-25(13-11-24)28-17-21-4-5-21/h6-13,19,21,23,26H,1,4-5,14-17H2,2-3H3. The predicted octanol–water partition coefficient (Wildman–Crippen LogP) is 5.13. The van der Waals surface area contributed by atoms with E-state index in [1.54, 1.807) is 0 Å². The van der Waals surface area contributed by atoms with Gasteiger partial charge in [0.05, 0.1) is 6.61 Å². The molecule has 4 rings (SSSR count). The van der Waals surface area contributed by atoms with E-state index in [4.69, 9.17) is 4.74 Å². The molecule has 1 unspecified atom stereocenters. The number of benzene rings is 2. The van der Waals surface area contributed by atoms with E-state index in [1.807, 2.05) is 6.92 Å². The van der Waals surface area contributed by atoms with Crippen molar-refractivity contribution >= 4 is 5.69 Å². The molecule has 2 fully saturated rings. The average Bonchev–Trinajstić information content (AvgIpc) is 3.45. The summed E-state index contributed by atoms with van der Waals surface area (Å²) in [5.41, 5.74) is 5.15. The number of rotatable bonds is 9. The molecule has 1 saturated heterocycles. The Bertz CT molecular complexity index is 786. The molecule has 0 amide bonds. The summed E-state index contributed by atoms with van der Waals surface area (Å²) in [4.78, 5) is 2.45. The first-order valence-electron chi connectivity index (χ1n) is 10.6. The van der Waals surface area contributed by atoms with Crippen LogP contribution in [-0.2, 0) is 6.42 Å². The molecule has 3 heteroatoms. The smallest absolute Gasteiger partial charge is 0.119 e. The summed E-state index contributed by atoms with van der Waals surface area (Å²) in [6, 6.07) is 18.2. The van der Waals surface area contributed by atoms with Crippen LogP contribution in [-0.4, -0.2) is 25.7 Å². The van der Waals surface area contributed by atoms with E-state index in [0.29, 0.717) is 12.0 Å². The zero-order valence-electron chi connectivity index (χ0n) is 17.2. The van der Waals surface area contributed by atoms with Gasteiger partial charge in [-0.25, -0.2) is 0 Å². The SMILES string of the molecule is C=C(C)NC(C)Cc1ccc(C2CN(c3ccc(OCC4CC4)cc3)C2)cc1. The maximum atomic E-state index is 5.84. The van der Waals surface area contributed by atoms with Crippen molar-refractivity contribution in [1.29, 1.82) is 0 Å². The van der Waals surface area contributed by atoms with Crippen molar-refractivity contribution in [1.82, 2.24) is 5.32 Å². The Morgan fingerprint density at radius 1 is 1.11 bits per heavy atom. The van der Waals surface area contributed by atoms with Crippen molar-refractivity contribution in [2.75, 3.05) is 24.6 Å². The molecule has 1 atom stereocenters. The molecule has 0 aromatic heterocycles. The van der Waals surface area contributed by atoms with Crippen LogP contribution in [0.3, 0.4) is 0 Å². The average molecular weight is 377 g/mol. The van der Waals surface area contributed by atoms with Gasteiger partial charge in [-0.05, 0) is 74.4 Å². The molecule has 1 aliphatic heterocycles. The van der Waals surface area contributed by atoms with Gasteiger partial charge in [0, 0.05) is 36.4 Å². The Balaban J connectivity index is 1.25. The predicted molar refractivity (Wildman–Crippen MR) is 117 cm³/mol. The second-order valence-electron chi connectivity index (χ2n) is 8.62. The molecule has 1 N–H and O–H groups in total. The molecule has 148 valence electrons. The van der Waals surface area contributed by atoms with Crippen LogP contribution in [0.5, 0.6) is 5.75 Å². The molecule has 28 heavy (non-hydrogen) atoms.